The molecule has 0 spiro atoms. The van der Waals surface area contributed by atoms with Gasteiger partial charge in [0.2, 0.25) is 11.8 Å². The Bertz CT molecular complexity index is 1700. The second-order valence-corrected chi connectivity index (χ2v) is 13.4. The molecule has 2 amide bonds. The standard InChI is InChI=1S/C33H32Cl3N3O4S/c1-23(2)37-33(41)30(20-24-12-5-3-6-13-24)38(21-25-14-9-10-17-27(25)34)31(40)22-39(29-19-11-18-28(35)32(29)36)44(42,43)26-15-7-4-8-16-26/h3-19,23,30H,20-22H2,1-2H3,(H,37,41)/t30-/m1/s1. The summed E-state index contributed by atoms with van der Waals surface area (Å²) in [4.78, 5) is 29.5. The van der Waals surface area contributed by atoms with Gasteiger partial charge in [-0.05, 0) is 55.3 Å². The molecule has 0 unspecified atom stereocenters. The number of amides is 2. The quantitative estimate of drug-likeness (QED) is 0.176. The first-order valence-corrected chi connectivity index (χ1v) is 16.5. The van der Waals surface area contributed by atoms with Crippen molar-refractivity contribution >= 4 is 62.3 Å². The topological polar surface area (TPSA) is 86.8 Å². The molecular weight excluding hydrogens is 641 g/mol. The van der Waals surface area contributed by atoms with Crippen LogP contribution in [0.3, 0.4) is 0 Å². The summed E-state index contributed by atoms with van der Waals surface area (Å²) in [5, 5.41) is 3.41. The third-order valence-corrected chi connectivity index (χ3v) is 9.76. The molecule has 1 atom stereocenters. The molecule has 44 heavy (non-hydrogen) atoms. The lowest BCUT2D eigenvalue weighted by molar-refractivity contribution is -0.140. The Morgan fingerprint density at radius 2 is 1.36 bits per heavy atom. The normalized spacial score (nSPS) is 12.0. The van der Waals surface area contributed by atoms with Crippen LogP contribution in [0.25, 0.3) is 0 Å². The average molecular weight is 673 g/mol. The van der Waals surface area contributed by atoms with Crippen LogP contribution in [-0.4, -0.2) is 43.8 Å². The molecule has 4 rings (SSSR count). The number of nitrogens with zero attached hydrogens (tertiary/aromatic N) is 2. The molecule has 7 nitrogen and oxygen atoms in total. The molecule has 1 N–H and O–H groups in total. The maximum atomic E-state index is 14.5. The summed E-state index contributed by atoms with van der Waals surface area (Å²) in [5.74, 6) is -1.03. The average Bonchev–Trinajstić information content (AvgIpc) is 3.00. The van der Waals surface area contributed by atoms with Gasteiger partial charge in [-0.2, -0.15) is 0 Å². The van der Waals surface area contributed by atoms with Crippen molar-refractivity contribution in [2.45, 2.75) is 43.8 Å². The van der Waals surface area contributed by atoms with Crippen molar-refractivity contribution in [2.24, 2.45) is 0 Å². The molecule has 4 aromatic rings. The van der Waals surface area contributed by atoms with Crippen LogP contribution < -0.4 is 9.62 Å². The number of halogens is 3. The van der Waals surface area contributed by atoms with Gasteiger partial charge in [-0.3, -0.25) is 13.9 Å². The zero-order chi connectivity index (χ0) is 31.9. The van der Waals surface area contributed by atoms with E-state index < -0.39 is 28.5 Å². The van der Waals surface area contributed by atoms with Crippen LogP contribution in [0, 0.1) is 0 Å². The van der Waals surface area contributed by atoms with Crippen LogP contribution in [0.1, 0.15) is 25.0 Å². The van der Waals surface area contributed by atoms with Gasteiger partial charge >= 0.3 is 0 Å². The number of sulfonamides is 1. The van der Waals surface area contributed by atoms with Gasteiger partial charge in [0.1, 0.15) is 12.6 Å². The molecule has 0 aromatic heterocycles. The van der Waals surface area contributed by atoms with Crippen molar-refractivity contribution in [1.29, 1.82) is 0 Å². The summed E-state index contributed by atoms with van der Waals surface area (Å²) in [5.41, 5.74) is 1.44. The number of benzene rings is 4. The van der Waals surface area contributed by atoms with E-state index in [9.17, 15) is 18.0 Å². The van der Waals surface area contributed by atoms with E-state index in [1.165, 1.54) is 29.2 Å². The SMILES string of the molecule is CC(C)NC(=O)[C@@H](Cc1ccccc1)N(Cc1ccccc1Cl)C(=O)CN(c1cccc(Cl)c1Cl)S(=O)(=O)c1ccccc1. The predicted octanol–water partition coefficient (Wildman–Crippen LogP) is 7.01. The van der Waals surface area contributed by atoms with Gasteiger partial charge in [-0.1, -0.05) is 108 Å². The monoisotopic (exact) mass is 671 g/mol. The van der Waals surface area contributed by atoms with Gasteiger partial charge in [0, 0.05) is 24.0 Å². The van der Waals surface area contributed by atoms with E-state index in [1.807, 2.05) is 44.2 Å². The Morgan fingerprint density at radius 3 is 2.00 bits per heavy atom. The van der Waals surface area contributed by atoms with Crippen LogP contribution in [0.2, 0.25) is 15.1 Å². The summed E-state index contributed by atoms with van der Waals surface area (Å²) >= 11 is 19.3. The van der Waals surface area contributed by atoms with E-state index in [0.717, 1.165) is 9.87 Å². The number of anilines is 1. The van der Waals surface area contributed by atoms with Gasteiger partial charge < -0.3 is 10.2 Å². The molecule has 0 heterocycles. The van der Waals surface area contributed by atoms with Gasteiger partial charge in [0.15, 0.2) is 0 Å². The zero-order valence-corrected chi connectivity index (χ0v) is 27.2. The highest BCUT2D eigenvalue weighted by Crippen LogP contribution is 2.35. The molecule has 0 aliphatic rings. The number of nitrogens with one attached hydrogen (secondary N) is 1. The van der Waals surface area contributed by atoms with E-state index in [2.05, 4.69) is 5.32 Å². The highest BCUT2D eigenvalue weighted by Gasteiger charge is 2.35. The highest BCUT2D eigenvalue weighted by atomic mass is 35.5. The Kier molecular flexibility index (Phi) is 11.3. The van der Waals surface area contributed by atoms with Crippen LogP contribution in [0.15, 0.2) is 108 Å². The first kappa shape index (κ1) is 33.3. The number of carbonyl (C=O) groups excluding carboxylic acids is 2. The minimum absolute atomic E-state index is 0.0281. The molecule has 0 aliphatic carbocycles. The first-order chi connectivity index (χ1) is 21.0. The van der Waals surface area contributed by atoms with Gasteiger partial charge in [-0.15, -0.1) is 0 Å². The van der Waals surface area contributed by atoms with Crippen LogP contribution in [-0.2, 0) is 32.6 Å². The third-order valence-electron chi connectivity index (χ3n) is 6.81. The minimum Gasteiger partial charge on any atom is -0.352 e. The molecule has 0 saturated heterocycles. The van der Waals surface area contributed by atoms with E-state index in [1.54, 1.807) is 48.5 Å². The van der Waals surface area contributed by atoms with E-state index >= 15 is 0 Å². The van der Waals surface area contributed by atoms with Gasteiger partial charge in [0.05, 0.1) is 20.6 Å². The Labute approximate surface area is 273 Å². The second-order valence-electron chi connectivity index (χ2n) is 10.4. The number of carbonyl (C=O) groups is 2. The Hall–Kier alpha value is -3.56. The van der Waals surface area contributed by atoms with Crippen molar-refractivity contribution in [3.05, 3.63) is 129 Å². The van der Waals surface area contributed by atoms with Gasteiger partial charge in [0.25, 0.3) is 10.0 Å². The summed E-state index contributed by atoms with van der Waals surface area (Å²) in [6.45, 7) is 2.94. The van der Waals surface area contributed by atoms with Gasteiger partial charge in [-0.25, -0.2) is 8.42 Å². The molecule has 0 saturated carbocycles. The van der Waals surface area contributed by atoms with Crippen molar-refractivity contribution in [3.8, 4) is 0 Å². The van der Waals surface area contributed by atoms with Crippen LogP contribution >= 0.6 is 34.8 Å². The third kappa shape index (κ3) is 8.12. The Morgan fingerprint density at radius 1 is 0.773 bits per heavy atom. The lowest BCUT2D eigenvalue weighted by Gasteiger charge is -2.34. The number of hydrogen-bond donors (Lipinski definition) is 1. The van der Waals surface area contributed by atoms with Crippen LogP contribution in [0.4, 0.5) is 5.69 Å². The van der Waals surface area contributed by atoms with Crippen molar-refractivity contribution in [3.63, 3.8) is 0 Å². The Balaban J connectivity index is 1.84. The maximum absolute atomic E-state index is 14.5. The molecule has 0 aliphatic heterocycles. The largest absolute Gasteiger partial charge is 0.352 e. The number of rotatable bonds is 12. The molecule has 230 valence electrons. The van der Waals surface area contributed by atoms with E-state index in [-0.39, 0.29) is 45.5 Å². The fraction of sp³-hybridized carbons (Fsp3) is 0.212. The second kappa shape index (κ2) is 14.9. The van der Waals surface area contributed by atoms with Crippen molar-refractivity contribution in [2.75, 3.05) is 10.8 Å². The molecule has 0 radical (unpaired) electrons. The highest BCUT2D eigenvalue weighted by molar-refractivity contribution is 7.92. The summed E-state index contributed by atoms with van der Waals surface area (Å²) in [7, 11) is -4.31. The van der Waals surface area contributed by atoms with E-state index in [0.29, 0.717) is 10.6 Å². The minimum atomic E-state index is -4.31. The molecular formula is C33H32Cl3N3O4S. The fourth-order valence-corrected chi connectivity index (χ4v) is 6.75. The lowest BCUT2D eigenvalue weighted by Crippen LogP contribution is -2.54. The number of hydrogen-bond acceptors (Lipinski definition) is 4. The summed E-state index contributed by atoms with van der Waals surface area (Å²) in [6.07, 6.45) is 0.180. The molecule has 0 fully saturated rings. The lowest BCUT2D eigenvalue weighted by atomic mass is 10.0. The van der Waals surface area contributed by atoms with Crippen molar-refractivity contribution < 1.29 is 18.0 Å². The fourth-order valence-electron chi connectivity index (χ4n) is 4.66. The van der Waals surface area contributed by atoms with Crippen molar-refractivity contribution in [1.82, 2.24) is 10.2 Å². The maximum Gasteiger partial charge on any atom is 0.264 e. The van der Waals surface area contributed by atoms with Crippen LogP contribution in [0.5, 0.6) is 0 Å². The van der Waals surface area contributed by atoms with E-state index in [4.69, 9.17) is 34.8 Å². The predicted molar refractivity (Wildman–Crippen MR) is 177 cm³/mol. The summed E-state index contributed by atoms with van der Waals surface area (Å²) < 4.78 is 29.0. The molecule has 0 bridgehead atoms. The first-order valence-electron chi connectivity index (χ1n) is 13.9. The zero-order valence-electron chi connectivity index (χ0n) is 24.2. The molecule has 4 aromatic carbocycles. The molecule has 11 heteroatoms. The smallest absolute Gasteiger partial charge is 0.264 e. The summed E-state index contributed by atoms with van der Waals surface area (Å²) in [6, 6.07) is 27.4.